The van der Waals surface area contributed by atoms with Gasteiger partial charge in [0.2, 0.25) is 0 Å². The van der Waals surface area contributed by atoms with E-state index in [0.29, 0.717) is 12.2 Å². The lowest BCUT2D eigenvalue weighted by molar-refractivity contribution is 0.0690. The summed E-state index contributed by atoms with van der Waals surface area (Å²) < 4.78 is 0. The number of carboxylic acids is 1. The van der Waals surface area contributed by atoms with E-state index < -0.39 is 5.97 Å². The molecule has 5 heteroatoms. The van der Waals surface area contributed by atoms with Crippen molar-refractivity contribution in [1.29, 1.82) is 0 Å². The van der Waals surface area contributed by atoms with Gasteiger partial charge in [-0.3, -0.25) is 0 Å². The molecule has 0 aliphatic heterocycles. The maximum atomic E-state index is 11.0. The summed E-state index contributed by atoms with van der Waals surface area (Å²) in [7, 11) is 1.85. The Labute approximate surface area is 123 Å². The van der Waals surface area contributed by atoms with Crippen molar-refractivity contribution in [1.82, 2.24) is 4.98 Å². The van der Waals surface area contributed by atoms with Gasteiger partial charge in [0.15, 0.2) is 5.69 Å². The zero-order valence-corrected chi connectivity index (χ0v) is 11.8. The van der Waals surface area contributed by atoms with Gasteiger partial charge in [-0.25, -0.2) is 9.78 Å². The molecular formula is C16H18N2O3. The zero-order chi connectivity index (χ0) is 15.2. The van der Waals surface area contributed by atoms with Crippen LogP contribution in [0.5, 0.6) is 0 Å². The largest absolute Gasteiger partial charge is 0.477 e. The Morgan fingerprint density at radius 1 is 1.19 bits per heavy atom. The van der Waals surface area contributed by atoms with Crippen LogP contribution in [0.4, 0.5) is 5.82 Å². The lowest BCUT2D eigenvalue weighted by atomic mass is 10.0. The summed E-state index contributed by atoms with van der Waals surface area (Å²) in [5.41, 5.74) is 1.06. The molecule has 0 spiro atoms. The minimum absolute atomic E-state index is 0.00941. The molecule has 1 aromatic heterocycles. The zero-order valence-electron chi connectivity index (χ0n) is 11.8. The first-order chi connectivity index (χ1) is 10.1. The molecule has 0 saturated carbocycles. The van der Waals surface area contributed by atoms with Gasteiger partial charge in [0.05, 0.1) is 6.04 Å². The Morgan fingerprint density at radius 2 is 1.90 bits per heavy atom. The van der Waals surface area contributed by atoms with Crippen molar-refractivity contribution in [2.24, 2.45) is 0 Å². The number of hydrogen-bond donors (Lipinski definition) is 2. The van der Waals surface area contributed by atoms with Gasteiger partial charge in [-0.2, -0.15) is 0 Å². The second kappa shape index (κ2) is 6.85. The normalized spacial score (nSPS) is 11.9. The van der Waals surface area contributed by atoms with E-state index in [1.807, 2.05) is 42.3 Å². The molecule has 2 aromatic rings. The fourth-order valence-electron chi connectivity index (χ4n) is 2.28. The summed E-state index contributed by atoms with van der Waals surface area (Å²) in [6.45, 7) is 0.0442. The first-order valence-corrected chi connectivity index (χ1v) is 6.72. The topological polar surface area (TPSA) is 73.7 Å². The van der Waals surface area contributed by atoms with Crippen molar-refractivity contribution < 1.29 is 15.0 Å². The molecule has 0 amide bonds. The summed E-state index contributed by atoms with van der Waals surface area (Å²) in [6, 6.07) is 14.6. The molecule has 1 heterocycles. The molecule has 0 radical (unpaired) electrons. The van der Waals surface area contributed by atoms with E-state index in [4.69, 9.17) is 5.11 Å². The molecule has 5 nitrogen and oxygen atoms in total. The molecule has 2 rings (SSSR count). The highest BCUT2D eigenvalue weighted by molar-refractivity contribution is 5.85. The average Bonchev–Trinajstić information content (AvgIpc) is 2.53. The van der Waals surface area contributed by atoms with E-state index in [1.165, 1.54) is 6.07 Å². The number of benzene rings is 1. The highest BCUT2D eigenvalue weighted by atomic mass is 16.4. The number of rotatable bonds is 6. The molecule has 0 fully saturated rings. The van der Waals surface area contributed by atoms with Gasteiger partial charge < -0.3 is 15.1 Å². The van der Waals surface area contributed by atoms with E-state index in [0.717, 1.165) is 5.56 Å². The maximum absolute atomic E-state index is 11.0. The number of aliphatic hydroxyl groups is 1. The molecular weight excluding hydrogens is 268 g/mol. The standard InChI is InChI=1S/C16H18N2O3/c1-18(15-9-5-8-13(17-15)16(20)21)14(10-11-19)12-6-3-2-4-7-12/h2-9,14,19H,10-11H2,1H3,(H,20,21). The van der Waals surface area contributed by atoms with Crippen molar-refractivity contribution >= 4 is 11.8 Å². The molecule has 21 heavy (non-hydrogen) atoms. The van der Waals surface area contributed by atoms with E-state index in [2.05, 4.69) is 4.98 Å². The first-order valence-electron chi connectivity index (χ1n) is 6.72. The van der Waals surface area contributed by atoms with Crippen molar-refractivity contribution in [2.45, 2.75) is 12.5 Å². The van der Waals surface area contributed by atoms with Crippen molar-refractivity contribution in [3.8, 4) is 0 Å². The number of nitrogens with zero attached hydrogens (tertiary/aromatic N) is 2. The van der Waals surface area contributed by atoms with Crippen LogP contribution in [-0.4, -0.2) is 34.8 Å². The van der Waals surface area contributed by atoms with Crippen LogP contribution in [0.25, 0.3) is 0 Å². The van der Waals surface area contributed by atoms with Gasteiger partial charge in [0, 0.05) is 13.7 Å². The fraction of sp³-hybridized carbons (Fsp3) is 0.250. The van der Waals surface area contributed by atoms with E-state index >= 15 is 0 Å². The van der Waals surface area contributed by atoms with Crippen LogP contribution in [0.15, 0.2) is 48.5 Å². The Kier molecular flexibility index (Phi) is 4.90. The van der Waals surface area contributed by atoms with Crippen LogP contribution in [0.1, 0.15) is 28.5 Å². The maximum Gasteiger partial charge on any atom is 0.354 e. The molecule has 1 unspecified atom stereocenters. The number of aliphatic hydroxyl groups excluding tert-OH is 1. The Bertz CT molecular complexity index is 601. The van der Waals surface area contributed by atoms with Gasteiger partial charge in [0.1, 0.15) is 5.82 Å². The van der Waals surface area contributed by atoms with Gasteiger partial charge in [-0.1, -0.05) is 36.4 Å². The lowest BCUT2D eigenvalue weighted by Gasteiger charge is -2.29. The fourth-order valence-corrected chi connectivity index (χ4v) is 2.28. The molecule has 1 atom stereocenters. The van der Waals surface area contributed by atoms with Crippen molar-refractivity contribution in [3.05, 3.63) is 59.8 Å². The Morgan fingerprint density at radius 3 is 2.52 bits per heavy atom. The Hall–Kier alpha value is -2.40. The second-order valence-corrected chi connectivity index (χ2v) is 4.74. The van der Waals surface area contributed by atoms with Gasteiger partial charge in [-0.05, 0) is 24.1 Å². The van der Waals surface area contributed by atoms with E-state index in [1.54, 1.807) is 12.1 Å². The van der Waals surface area contributed by atoms with Crippen molar-refractivity contribution in [2.75, 3.05) is 18.6 Å². The lowest BCUT2D eigenvalue weighted by Crippen LogP contribution is -2.26. The van der Waals surface area contributed by atoms with Crippen LogP contribution >= 0.6 is 0 Å². The number of carbonyl (C=O) groups is 1. The molecule has 110 valence electrons. The molecule has 2 N–H and O–H groups in total. The van der Waals surface area contributed by atoms with E-state index in [9.17, 15) is 9.90 Å². The quantitative estimate of drug-likeness (QED) is 0.852. The highest BCUT2D eigenvalue weighted by Crippen LogP contribution is 2.27. The SMILES string of the molecule is CN(c1cccc(C(=O)O)n1)C(CCO)c1ccccc1. The second-order valence-electron chi connectivity index (χ2n) is 4.74. The van der Waals surface area contributed by atoms with Crippen LogP contribution in [0.2, 0.25) is 0 Å². The number of carboxylic acid groups (broad SMARTS) is 1. The van der Waals surface area contributed by atoms with Gasteiger partial charge in [0.25, 0.3) is 0 Å². The van der Waals surface area contributed by atoms with Crippen LogP contribution in [0, 0.1) is 0 Å². The summed E-state index contributed by atoms with van der Waals surface area (Å²) in [5, 5.41) is 18.3. The average molecular weight is 286 g/mol. The third-order valence-corrected chi connectivity index (χ3v) is 3.37. The van der Waals surface area contributed by atoms with Crippen molar-refractivity contribution in [3.63, 3.8) is 0 Å². The number of aromatic nitrogens is 1. The highest BCUT2D eigenvalue weighted by Gasteiger charge is 2.18. The summed E-state index contributed by atoms with van der Waals surface area (Å²) in [6.07, 6.45) is 0.541. The molecule has 0 aliphatic carbocycles. The summed E-state index contributed by atoms with van der Waals surface area (Å²) >= 11 is 0. The van der Waals surface area contributed by atoms with Gasteiger partial charge in [-0.15, -0.1) is 0 Å². The minimum Gasteiger partial charge on any atom is -0.477 e. The van der Waals surface area contributed by atoms with Gasteiger partial charge >= 0.3 is 5.97 Å². The Balaban J connectivity index is 2.32. The molecule has 0 aliphatic rings. The van der Waals surface area contributed by atoms with Crippen LogP contribution in [0.3, 0.4) is 0 Å². The number of anilines is 1. The number of pyridine rings is 1. The smallest absolute Gasteiger partial charge is 0.354 e. The van der Waals surface area contributed by atoms with E-state index in [-0.39, 0.29) is 18.3 Å². The molecule has 0 bridgehead atoms. The van der Waals surface area contributed by atoms with Crippen LogP contribution in [-0.2, 0) is 0 Å². The third-order valence-electron chi connectivity index (χ3n) is 3.37. The summed E-state index contributed by atoms with van der Waals surface area (Å²) in [4.78, 5) is 17.1. The molecule has 0 saturated heterocycles. The predicted molar refractivity (Wildman–Crippen MR) is 80.5 cm³/mol. The minimum atomic E-state index is -1.05. The third kappa shape index (κ3) is 3.58. The predicted octanol–water partition coefficient (Wildman–Crippen LogP) is 2.34. The summed E-state index contributed by atoms with van der Waals surface area (Å²) in [5.74, 6) is -0.485. The first kappa shape index (κ1) is 15.0. The van der Waals surface area contributed by atoms with Crippen LogP contribution < -0.4 is 4.90 Å². The monoisotopic (exact) mass is 286 g/mol. The number of aromatic carboxylic acids is 1. The number of hydrogen-bond acceptors (Lipinski definition) is 4. The molecule has 1 aromatic carbocycles.